The van der Waals surface area contributed by atoms with Crippen molar-refractivity contribution in [2.75, 3.05) is 58.7 Å². The number of nitrogens with zero attached hydrogens (tertiary/aromatic N) is 10. The van der Waals surface area contributed by atoms with Crippen LogP contribution in [-0.2, 0) is 89.4 Å². The number of aliphatic hydroxyl groups is 4. The fourth-order valence-corrected chi connectivity index (χ4v) is 13.9. The Morgan fingerprint density at radius 1 is 0.640 bits per heavy atom. The van der Waals surface area contributed by atoms with E-state index in [1.165, 1.54) is 29.4 Å². The molecule has 476 valence electrons. The SMILES string of the molecule is COC1C(O)[C@H]([n+]2cn(C)c3c(=O)[nH]c(N)nc32)O[C@@H]1COP(=O)(O)OP(=O)(O)OP(=O)(O)OCC1OC(n2cnc3c(=O)[nH]c(N)nc32)C(O)N(OCCOP(=O)(O)OC[C@H]2O[C@@H](n3cnc4c(=O)[nH]c(C)nc43)[C@@H](O)C2OP(=O)(O)OC)C1O. The zero-order valence-corrected chi connectivity index (χ0v) is 48.6. The first-order valence-corrected chi connectivity index (χ1v) is 31.6. The van der Waals surface area contributed by atoms with Gasteiger partial charge in [-0.1, -0.05) is 4.98 Å². The third-order valence-corrected chi connectivity index (χ3v) is 18.8. The van der Waals surface area contributed by atoms with Crippen molar-refractivity contribution in [1.82, 2.24) is 58.6 Å². The summed E-state index contributed by atoms with van der Waals surface area (Å²) in [5.74, 6) is -0.643. The van der Waals surface area contributed by atoms with E-state index in [1.54, 1.807) is 0 Å². The minimum atomic E-state index is -6.24. The van der Waals surface area contributed by atoms with Gasteiger partial charge in [-0.2, -0.15) is 13.6 Å². The van der Waals surface area contributed by atoms with E-state index in [2.05, 4.69) is 53.0 Å². The number of aliphatic hydroxyl groups excluding tert-OH is 4. The van der Waals surface area contributed by atoms with Gasteiger partial charge in [-0.3, -0.25) is 70.0 Å². The quantitative estimate of drug-likeness (QED) is 0.0145. The van der Waals surface area contributed by atoms with Crippen LogP contribution in [0.15, 0.2) is 33.4 Å². The van der Waals surface area contributed by atoms with Crippen LogP contribution >= 0.6 is 39.1 Å². The van der Waals surface area contributed by atoms with E-state index >= 15 is 0 Å². The first kappa shape index (κ1) is 65.3. The third kappa shape index (κ3) is 14.0. The molecule has 16 N–H and O–H groups in total. The summed E-state index contributed by atoms with van der Waals surface area (Å²) in [6, 6.07) is 0. The van der Waals surface area contributed by atoms with Gasteiger partial charge in [-0.25, -0.2) is 42.3 Å². The molecule has 3 aliphatic heterocycles. The van der Waals surface area contributed by atoms with E-state index in [4.69, 9.17) is 57.9 Å². The van der Waals surface area contributed by atoms with E-state index < -0.39 is 174 Å². The van der Waals surface area contributed by atoms with Gasteiger partial charge >= 0.3 is 44.8 Å². The van der Waals surface area contributed by atoms with Gasteiger partial charge in [-0.05, 0) is 6.92 Å². The number of fused-ring (bicyclic) bond motifs is 3. The Balaban J connectivity index is 0.835. The van der Waals surface area contributed by atoms with Gasteiger partial charge in [0.2, 0.25) is 17.7 Å². The van der Waals surface area contributed by atoms with Gasteiger partial charge in [0.05, 0.1) is 52.7 Å². The van der Waals surface area contributed by atoms with Crippen molar-refractivity contribution >= 4 is 84.5 Å². The predicted octanol–water partition coefficient (Wildman–Crippen LogP) is -4.78. The number of phosphoric acid groups is 5. The maximum Gasteiger partial charge on any atom is 0.490 e. The highest BCUT2D eigenvalue weighted by Crippen LogP contribution is 2.68. The van der Waals surface area contributed by atoms with Crippen LogP contribution < -0.4 is 32.7 Å². The molecule has 0 aromatic carbocycles. The Morgan fingerprint density at radius 3 is 1.81 bits per heavy atom. The molecular formula is C36H53N15O30P5+. The molecule has 0 radical (unpaired) electrons. The van der Waals surface area contributed by atoms with E-state index in [0.717, 1.165) is 36.0 Å². The van der Waals surface area contributed by atoms with E-state index in [0.29, 0.717) is 5.06 Å². The standard InChI is InChI=1S/C36H52N15O30P5/c1-13-41-24-17(27(54)42-13)39-10-48(24)32-21(53)23(79-82(59,60)70-4)15(77-32)8-73-83(61,62)72-6-5-71-51-30(57)16(78-34(31(51)58)49-11-40-18-25(49)43-35(37)45-28(18)55)9-75-85(65,66)81-86(67,68)80-84(63,64)74-7-14-22(69-3)20(52)33(76-14)50-12-47(2)19-26(50)44-36(38)46-29(19)56/h10-12,14-16,20-23,30-34,52-53,57-58H,5-9H2,1-4H3,(H11-,37,38,41,42,43,44,45,46,54,55,56,59,60,61,62,63,64,65,66,67,68)/p+1/t14-,15-,16?,20?,21+,22?,23?,30?,31?,32-,33-,34?/m1/s1. The van der Waals surface area contributed by atoms with Crippen LogP contribution in [0, 0.1) is 6.92 Å². The number of rotatable bonds is 25. The second-order valence-corrected chi connectivity index (χ2v) is 26.0. The number of imidazole rings is 3. The Kier molecular flexibility index (Phi) is 19.0. The number of anilines is 2. The van der Waals surface area contributed by atoms with Crippen molar-refractivity contribution in [3.63, 3.8) is 0 Å². The number of hydrogen-bond acceptors (Lipinski definition) is 33. The summed E-state index contributed by atoms with van der Waals surface area (Å²) >= 11 is 0. The maximum absolute atomic E-state index is 13.2. The summed E-state index contributed by atoms with van der Waals surface area (Å²) in [4.78, 5) is 122. The van der Waals surface area contributed by atoms with Crippen molar-refractivity contribution in [1.29, 1.82) is 0 Å². The molecule has 12 unspecified atom stereocenters. The minimum Gasteiger partial charge on any atom is -0.386 e. The average molecular weight is 1330 g/mol. The largest absolute Gasteiger partial charge is 0.490 e. The molecule has 0 amide bonds. The summed E-state index contributed by atoms with van der Waals surface area (Å²) in [5, 5.41) is 45.5. The Bertz CT molecular complexity index is 3940. The predicted molar refractivity (Wildman–Crippen MR) is 273 cm³/mol. The zero-order valence-electron chi connectivity index (χ0n) is 44.2. The highest BCUT2D eigenvalue weighted by Gasteiger charge is 2.53. The molecule has 86 heavy (non-hydrogen) atoms. The molecular weight excluding hydrogens is 1280 g/mol. The topological polar surface area (TPSA) is 624 Å². The van der Waals surface area contributed by atoms with Crippen molar-refractivity contribution in [3.8, 4) is 0 Å². The number of aryl methyl sites for hydroxylation is 2. The van der Waals surface area contributed by atoms with Crippen LogP contribution in [0.3, 0.4) is 0 Å². The molecule has 0 saturated carbocycles. The van der Waals surface area contributed by atoms with E-state index in [9.17, 15) is 82.1 Å². The molecule has 0 aliphatic carbocycles. The lowest BCUT2D eigenvalue weighted by Gasteiger charge is -2.44. The van der Waals surface area contributed by atoms with Crippen molar-refractivity contribution in [3.05, 3.63) is 55.9 Å². The summed E-state index contributed by atoms with van der Waals surface area (Å²) in [6.07, 6.45) is -18.2. The third-order valence-electron chi connectivity index (χ3n) is 12.6. The van der Waals surface area contributed by atoms with Crippen LogP contribution in [0.2, 0.25) is 0 Å². The Labute approximate surface area is 476 Å². The number of hydroxylamine groups is 2. The van der Waals surface area contributed by atoms with E-state index in [-0.39, 0.29) is 39.7 Å². The first-order chi connectivity index (χ1) is 40.2. The maximum atomic E-state index is 13.2. The molecule has 9 rings (SSSR count). The number of hydrogen-bond donors (Lipinski definition) is 14. The molecule has 50 heteroatoms. The molecule has 0 spiro atoms. The second kappa shape index (κ2) is 25.0. The Morgan fingerprint density at radius 2 is 1.19 bits per heavy atom. The van der Waals surface area contributed by atoms with E-state index in [1.807, 2.05) is 0 Å². The van der Waals surface area contributed by atoms with Crippen LogP contribution in [-0.4, -0.2) is 206 Å². The summed E-state index contributed by atoms with van der Waals surface area (Å²) < 4.78 is 129. The summed E-state index contributed by atoms with van der Waals surface area (Å²) in [6.45, 7) is -3.94. The van der Waals surface area contributed by atoms with Crippen LogP contribution in [0.4, 0.5) is 11.9 Å². The number of aromatic nitrogens is 12. The van der Waals surface area contributed by atoms with Crippen LogP contribution in [0.5, 0.6) is 0 Å². The average Bonchev–Trinajstić information content (AvgIpc) is 1.97. The number of nitrogen functional groups attached to an aromatic ring is 2. The molecule has 45 nitrogen and oxygen atoms in total. The lowest BCUT2D eigenvalue weighted by atomic mass is 10.1. The van der Waals surface area contributed by atoms with Crippen molar-refractivity contribution < 1.29 is 132 Å². The number of nitrogens with two attached hydrogens (primary N) is 2. The smallest absolute Gasteiger partial charge is 0.386 e. The number of phosphoric ester groups is 4. The van der Waals surface area contributed by atoms with Gasteiger partial charge in [0.15, 0.2) is 53.6 Å². The number of H-pyrrole nitrogens is 3. The zero-order chi connectivity index (χ0) is 62.7. The van der Waals surface area contributed by atoms with Gasteiger partial charge in [0.25, 0.3) is 22.6 Å². The number of nitrogens with one attached hydrogen (secondary N) is 3. The normalized spacial score (nSPS) is 29.3. The van der Waals surface area contributed by atoms with Gasteiger partial charge in [-0.15, -0.1) is 5.06 Å². The number of ether oxygens (including phenoxy) is 4. The molecule has 3 saturated heterocycles. The highest BCUT2D eigenvalue weighted by atomic mass is 31.3. The highest BCUT2D eigenvalue weighted by molar-refractivity contribution is 7.66. The van der Waals surface area contributed by atoms with Gasteiger partial charge in [0, 0.05) is 14.2 Å². The number of aromatic amines is 3. The molecule has 0 bridgehead atoms. The first-order valence-electron chi connectivity index (χ1n) is 24.2. The van der Waals surface area contributed by atoms with Gasteiger partial charge < -0.3 is 80.3 Å². The number of morpholine rings is 1. The lowest BCUT2D eigenvalue weighted by Crippen LogP contribution is -2.60. The monoisotopic (exact) mass is 1330 g/mol. The lowest BCUT2D eigenvalue weighted by molar-refractivity contribution is -0.745. The minimum absolute atomic E-state index is 0.000285. The number of methoxy groups -OCH3 is 1. The second-order valence-electron chi connectivity index (χ2n) is 18.4. The summed E-state index contributed by atoms with van der Waals surface area (Å²) in [7, 11) is -24.9. The van der Waals surface area contributed by atoms with Gasteiger partial charge in [0.1, 0.15) is 48.6 Å². The fourth-order valence-electron chi connectivity index (χ4n) is 9.00. The van der Waals surface area contributed by atoms with Crippen molar-refractivity contribution in [2.45, 2.75) is 80.8 Å². The Hall–Kier alpha value is -5.12. The fraction of sp³-hybridized carbons (Fsp3) is 0.583. The molecule has 3 fully saturated rings. The summed E-state index contributed by atoms with van der Waals surface area (Å²) in [5.41, 5.74) is 8.08. The van der Waals surface area contributed by atoms with Crippen LogP contribution in [0.25, 0.3) is 33.5 Å². The molecule has 9 heterocycles. The molecule has 6 aromatic rings. The van der Waals surface area contributed by atoms with Crippen LogP contribution in [0.1, 0.15) is 24.5 Å². The molecule has 3 aliphatic rings. The molecule has 6 aromatic heterocycles. The molecule has 17 atom stereocenters. The van der Waals surface area contributed by atoms with Crippen molar-refractivity contribution in [2.24, 2.45) is 7.05 Å².